The molecule has 1 aromatic rings. The van der Waals surface area contributed by atoms with Crippen LogP contribution in [0, 0.1) is 19.8 Å². The van der Waals surface area contributed by atoms with E-state index in [1.165, 1.54) is 16.7 Å². The molecule has 0 fully saturated rings. The summed E-state index contributed by atoms with van der Waals surface area (Å²) in [6, 6.07) is 6.22. The quantitative estimate of drug-likeness (QED) is 0.838. The van der Waals surface area contributed by atoms with Gasteiger partial charge in [0.2, 0.25) is 0 Å². The maximum Gasteiger partial charge on any atom is 0.306 e. The molecule has 0 spiro atoms. The monoisotopic (exact) mass is 232 g/mol. The number of aryl methyl sites for hydroxylation is 1. The minimum atomic E-state index is -0.717. The summed E-state index contributed by atoms with van der Waals surface area (Å²) in [5.74, 6) is -0.983. The maximum atomic E-state index is 10.6. The smallest absolute Gasteiger partial charge is 0.306 e. The van der Waals surface area contributed by atoms with E-state index >= 15 is 0 Å². The molecule has 1 unspecified atom stereocenters. The van der Waals surface area contributed by atoms with Crippen LogP contribution in [-0.2, 0) is 4.79 Å². The van der Waals surface area contributed by atoms with Crippen LogP contribution in [0.5, 0.6) is 0 Å². The van der Waals surface area contributed by atoms with Gasteiger partial charge in [-0.15, -0.1) is 0 Å². The number of hydrogen-bond donors (Lipinski definition) is 1. The third kappa shape index (κ3) is 4.06. The van der Waals surface area contributed by atoms with Gasteiger partial charge in [-0.25, -0.2) is 0 Å². The molecule has 0 heterocycles. The molecule has 1 N–H and O–H groups in total. The zero-order valence-electron chi connectivity index (χ0n) is 10.7. The standard InChI is InChI=1S/C15H20O2/c1-11-8-6-10-14(13(11)3)9-5-4-7-12(2)15(16)17/h5-6,8-10,12H,4,7H2,1-3H3,(H,16,17)/b9-5+. The summed E-state index contributed by atoms with van der Waals surface area (Å²) in [4.78, 5) is 10.6. The van der Waals surface area contributed by atoms with Gasteiger partial charge in [0, 0.05) is 0 Å². The molecule has 1 atom stereocenters. The molecule has 92 valence electrons. The lowest BCUT2D eigenvalue weighted by Crippen LogP contribution is -2.08. The lowest BCUT2D eigenvalue weighted by atomic mass is 10.0. The first-order valence-corrected chi connectivity index (χ1v) is 5.98. The normalized spacial score (nSPS) is 12.9. The van der Waals surface area contributed by atoms with Gasteiger partial charge in [-0.3, -0.25) is 4.79 Å². The van der Waals surface area contributed by atoms with E-state index in [1.54, 1.807) is 6.92 Å². The Morgan fingerprint density at radius 1 is 1.41 bits per heavy atom. The number of carboxylic acid groups (broad SMARTS) is 1. The molecule has 0 aliphatic rings. The molecule has 2 heteroatoms. The molecule has 0 saturated heterocycles. The van der Waals surface area contributed by atoms with E-state index in [9.17, 15) is 4.79 Å². The predicted molar refractivity (Wildman–Crippen MR) is 71.0 cm³/mol. The van der Waals surface area contributed by atoms with Crippen molar-refractivity contribution in [1.82, 2.24) is 0 Å². The summed E-state index contributed by atoms with van der Waals surface area (Å²) in [5.41, 5.74) is 3.79. The molecule has 0 amide bonds. The lowest BCUT2D eigenvalue weighted by Gasteiger charge is -2.04. The Labute approximate surface area is 103 Å². The molecule has 0 bridgehead atoms. The van der Waals surface area contributed by atoms with E-state index in [-0.39, 0.29) is 5.92 Å². The second-order valence-electron chi connectivity index (χ2n) is 4.51. The van der Waals surface area contributed by atoms with E-state index in [0.29, 0.717) is 6.42 Å². The van der Waals surface area contributed by atoms with Crippen LogP contribution in [0.15, 0.2) is 24.3 Å². The largest absolute Gasteiger partial charge is 0.481 e. The zero-order valence-corrected chi connectivity index (χ0v) is 10.7. The molecule has 0 aromatic heterocycles. The number of hydrogen-bond acceptors (Lipinski definition) is 1. The molecule has 1 rings (SSSR count). The first kappa shape index (κ1) is 13.5. The highest BCUT2D eigenvalue weighted by atomic mass is 16.4. The van der Waals surface area contributed by atoms with Gasteiger partial charge in [-0.05, 0) is 43.4 Å². The van der Waals surface area contributed by atoms with Crippen LogP contribution >= 0.6 is 0 Å². The zero-order chi connectivity index (χ0) is 12.8. The van der Waals surface area contributed by atoms with Crippen molar-refractivity contribution in [2.24, 2.45) is 5.92 Å². The topological polar surface area (TPSA) is 37.3 Å². The van der Waals surface area contributed by atoms with Gasteiger partial charge in [-0.1, -0.05) is 37.3 Å². The number of carbonyl (C=O) groups is 1. The molecule has 0 saturated carbocycles. The number of rotatable bonds is 5. The molecule has 0 aliphatic heterocycles. The van der Waals surface area contributed by atoms with E-state index < -0.39 is 5.97 Å². The Balaban J connectivity index is 2.54. The lowest BCUT2D eigenvalue weighted by molar-refractivity contribution is -0.141. The summed E-state index contributed by atoms with van der Waals surface area (Å²) >= 11 is 0. The van der Waals surface area contributed by atoms with Crippen LogP contribution in [0.1, 0.15) is 36.5 Å². The van der Waals surface area contributed by atoms with Crippen LogP contribution in [0.3, 0.4) is 0 Å². The summed E-state index contributed by atoms with van der Waals surface area (Å²) < 4.78 is 0. The second-order valence-corrected chi connectivity index (χ2v) is 4.51. The molecule has 0 radical (unpaired) electrons. The molecule has 1 aromatic carbocycles. The Morgan fingerprint density at radius 2 is 2.12 bits per heavy atom. The van der Waals surface area contributed by atoms with Crippen molar-refractivity contribution in [2.45, 2.75) is 33.6 Å². The third-order valence-corrected chi connectivity index (χ3v) is 3.13. The number of carboxylic acids is 1. The number of benzene rings is 1. The van der Waals surface area contributed by atoms with Gasteiger partial charge in [0.25, 0.3) is 0 Å². The number of allylic oxidation sites excluding steroid dienone is 1. The van der Waals surface area contributed by atoms with Crippen molar-refractivity contribution in [3.8, 4) is 0 Å². The summed E-state index contributed by atoms with van der Waals surface area (Å²) in [5, 5.41) is 8.75. The molecule has 0 aliphatic carbocycles. The first-order valence-electron chi connectivity index (χ1n) is 5.98. The van der Waals surface area contributed by atoms with Gasteiger partial charge in [0.15, 0.2) is 0 Å². The van der Waals surface area contributed by atoms with Crippen LogP contribution in [-0.4, -0.2) is 11.1 Å². The van der Waals surface area contributed by atoms with Crippen molar-refractivity contribution in [2.75, 3.05) is 0 Å². The van der Waals surface area contributed by atoms with E-state index in [4.69, 9.17) is 5.11 Å². The molecular weight excluding hydrogens is 212 g/mol. The van der Waals surface area contributed by atoms with Gasteiger partial charge in [0.1, 0.15) is 0 Å². The molecule has 2 nitrogen and oxygen atoms in total. The van der Waals surface area contributed by atoms with Gasteiger partial charge in [0.05, 0.1) is 5.92 Å². The average Bonchev–Trinajstić information content (AvgIpc) is 2.29. The summed E-state index contributed by atoms with van der Waals surface area (Å²) in [7, 11) is 0. The fraction of sp³-hybridized carbons (Fsp3) is 0.400. The van der Waals surface area contributed by atoms with E-state index in [2.05, 4.69) is 38.1 Å². The third-order valence-electron chi connectivity index (χ3n) is 3.13. The minimum Gasteiger partial charge on any atom is -0.481 e. The Kier molecular flexibility index (Phi) is 4.95. The highest BCUT2D eigenvalue weighted by Crippen LogP contribution is 2.15. The Hall–Kier alpha value is -1.57. The Bertz CT molecular complexity index is 419. The fourth-order valence-electron chi connectivity index (χ4n) is 1.63. The van der Waals surface area contributed by atoms with Crippen LogP contribution < -0.4 is 0 Å². The SMILES string of the molecule is Cc1cccc(/C=C/CCC(C)C(=O)O)c1C. The van der Waals surface area contributed by atoms with Crippen molar-refractivity contribution >= 4 is 12.0 Å². The van der Waals surface area contributed by atoms with E-state index in [1.807, 2.05) is 6.07 Å². The van der Waals surface area contributed by atoms with Crippen molar-refractivity contribution in [3.63, 3.8) is 0 Å². The summed E-state index contributed by atoms with van der Waals surface area (Å²) in [6.07, 6.45) is 5.63. The van der Waals surface area contributed by atoms with Gasteiger partial charge >= 0.3 is 5.97 Å². The Morgan fingerprint density at radius 3 is 2.76 bits per heavy atom. The average molecular weight is 232 g/mol. The number of aliphatic carboxylic acids is 1. The second kappa shape index (κ2) is 6.24. The highest BCUT2D eigenvalue weighted by Gasteiger charge is 2.08. The molecule has 17 heavy (non-hydrogen) atoms. The minimum absolute atomic E-state index is 0.266. The van der Waals surface area contributed by atoms with Crippen molar-refractivity contribution < 1.29 is 9.90 Å². The van der Waals surface area contributed by atoms with Crippen molar-refractivity contribution in [1.29, 1.82) is 0 Å². The maximum absolute atomic E-state index is 10.6. The van der Waals surface area contributed by atoms with Crippen molar-refractivity contribution in [3.05, 3.63) is 41.0 Å². The highest BCUT2D eigenvalue weighted by molar-refractivity contribution is 5.69. The van der Waals surface area contributed by atoms with Crippen LogP contribution in [0.4, 0.5) is 0 Å². The molecular formula is C15H20O2. The van der Waals surface area contributed by atoms with E-state index in [0.717, 1.165) is 6.42 Å². The van der Waals surface area contributed by atoms with Crippen LogP contribution in [0.2, 0.25) is 0 Å². The summed E-state index contributed by atoms with van der Waals surface area (Å²) in [6.45, 7) is 5.95. The first-order chi connectivity index (χ1) is 8.02. The predicted octanol–water partition coefficient (Wildman–Crippen LogP) is 3.82. The van der Waals surface area contributed by atoms with Crippen LogP contribution in [0.25, 0.3) is 6.08 Å². The van der Waals surface area contributed by atoms with Gasteiger partial charge in [-0.2, -0.15) is 0 Å². The van der Waals surface area contributed by atoms with Gasteiger partial charge < -0.3 is 5.11 Å². The fourth-order valence-corrected chi connectivity index (χ4v) is 1.63.